The molecule has 0 bridgehead atoms. The van der Waals surface area contributed by atoms with Crippen LogP contribution in [0.2, 0.25) is 0 Å². The van der Waals surface area contributed by atoms with Gasteiger partial charge in [0.05, 0.1) is 12.0 Å². The second kappa shape index (κ2) is 5.04. The normalized spacial score (nSPS) is 10.5. The van der Waals surface area contributed by atoms with E-state index in [1.807, 2.05) is 0 Å². The molecule has 0 saturated heterocycles. The van der Waals surface area contributed by atoms with Crippen LogP contribution in [0.5, 0.6) is 0 Å². The van der Waals surface area contributed by atoms with E-state index in [1.165, 1.54) is 10.9 Å². The van der Waals surface area contributed by atoms with Gasteiger partial charge in [0.15, 0.2) is 17.7 Å². The number of furan rings is 1. The highest BCUT2D eigenvalue weighted by Gasteiger charge is 2.18. The average Bonchev–Trinajstić information content (AvgIpc) is 3.15. The Kier molecular flexibility index (Phi) is 3.07. The lowest BCUT2D eigenvalue weighted by molar-refractivity contribution is 0.1000. The molecular weight excluding hydrogens is 272 g/mol. The number of nitrogens with two attached hydrogens (primary N) is 1. The zero-order valence-electron chi connectivity index (χ0n) is 10.8. The Balaban J connectivity index is 2.13. The number of hydrogen-bond donors (Lipinski definition) is 1. The molecule has 104 valence electrons. The summed E-state index contributed by atoms with van der Waals surface area (Å²) in [4.78, 5) is 22.2. The van der Waals surface area contributed by atoms with Crippen LogP contribution in [0.3, 0.4) is 0 Å². The summed E-state index contributed by atoms with van der Waals surface area (Å²) in [5, 5.41) is 7.76. The molecule has 1 aromatic carbocycles. The fraction of sp³-hybridized carbons (Fsp3) is 0. The second-order valence-corrected chi connectivity index (χ2v) is 4.24. The van der Waals surface area contributed by atoms with Gasteiger partial charge >= 0.3 is 0 Å². The molecule has 1 amide bonds. The number of carbonyl (C=O) groups excluding carboxylic acids is 2. The zero-order chi connectivity index (χ0) is 14.8. The number of aromatic nitrogens is 3. The van der Waals surface area contributed by atoms with E-state index in [0.717, 1.165) is 0 Å². The van der Waals surface area contributed by atoms with Crippen molar-refractivity contribution in [1.29, 1.82) is 0 Å². The van der Waals surface area contributed by atoms with Crippen LogP contribution in [0.4, 0.5) is 0 Å². The van der Waals surface area contributed by atoms with Crippen molar-refractivity contribution in [1.82, 2.24) is 15.0 Å². The van der Waals surface area contributed by atoms with Crippen molar-refractivity contribution in [3.63, 3.8) is 0 Å². The lowest BCUT2D eigenvalue weighted by Crippen LogP contribution is -2.10. The number of carbonyl (C=O) groups is 2. The van der Waals surface area contributed by atoms with E-state index < -0.39 is 5.91 Å². The number of aldehydes is 1. The molecular formula is C14H10N4O3. The highest BCUT2D eigenvalue weighted by atomic mass is 16.3. The van der Waals surface area contributed by atoms with Crippen molar-refractivity contribution in [2.24, 2.45) is 5.73 Å². The molecule has 0 atom stereocenters. The minimum absolute atomic E-state index is 0.170. The van der Waals surface area contributed by atoms with Crippen LogP contribution in [0.15, 0.2) is 47.1 Å². The SMILES string of the molecule is NC(=O)c1ccc(-n2nnc(C=O)c2-c2ccco2)cc1. The molecule has 0 aliphatic rings. The molecule has 21 heavy (non-hydrogen) atoms. The summed E-state index contributed by atoms with van der Waals surface area (Å²) >= 11 is 0. The largest absolute Gasteiger partial charge is 0.463 e. The van der Waals surface area contributed by atoms with E-state index >= 15 is 0 Å². The van der Waals surface area contributed by atoms with E-state index in [9.17, 15) is 9.59 Å². The van der Waals surface area contributed by atoms with Crippen molar-refractivity contribution < 1.29 is 14.0 Å². The number of nitrogens with zero attached hydrogens (tertiary/aromatic N) is 3. The highest BCUT2D eigenvalue weighted by molar-refractivity contribution is 5.93. The predicted octanol–water partition coefficient (Wildman–Crippen LogP) is 1.44. The maximum absolute atomic E-state index is 11.1. The van der Waals surface area contributed by atoms with Crippen LogP contribution in [-0.4, -0.2) is 27.2 Å². The first-order valence-corrected chi connectivity index (χ1v) is 6.05. The Morgan fingerprint density at radius 2 is 2.00 bits per heavy atom. The third-order valence-corrected chi connectivity index (χ3v) is 2.96. The van der Waals surface area contributed by atoms with E-state index in [1.54, 1.807) is 36.4 Å². The van der Waals surface area contributed by atoms with Crippen LogP contribution in [-0.2, 0) is 0 Å². The Bertz CT molecular complexity index is 788. The molecule has 7 heteroatoms. The first-order valence-electron chi connectivity index (χ1n) is 6.05. The zero-order valence-corrected chi connectivity index (χ0v) is 10.8. The van der Waals surface area contributed by atoms with E-state index in [2.05, 4.69) is 10.3 Å². The second-order valence-electron chi connectivity index (χ2n) is 4.24. The van der Waals surface area contributed by atoms with E-state index in [4.69, 9.17) is 10.2 Å². The molecule has 0 saturated carbocycles. The number of amides is 1. The fourth-order valence-corrected chi connectivity index (χ4v) is 1.96. The van der Waals surface area contributed by atoms with Gasteiger partial charge in [-0.05, 0) is 36.4 Å². The van der Waals surface area contributed by atoms with Crippen molar-refractivity contribution in [2.75, 3.05) is 0 Å². The Morgan fingerprint density at radius 1 is 1.24 bits per heavy atom. The molecule has 2 heterocycles. The van der Waals surface area contributed by atoms with Crippen molar-refractivity contribution >= 4 is 12.2 Å². The smallest absolute Gasteiger partial charge is 0.248 e. The van der Waals surface area contributed by atoms with Gasteiger partial charge in [-0.25, -0.2) is 4.68 Å². The van der Waals surface area contributed by atoms with Crippen molar-refractivity contribution in [3.8, 4) is 17.1 Å². The maximum atomic E-state index is 11.1. The predicted molar refractivity (Wildman–Crippen MR) is 73.0 cm³/mol. The average molecular weight is 282 g/mol. The first-order chi connectivity index (χ1) is 10.2. The van der Waals surface area contributed by atoms with Gasteiger partial charge < -0.3 is 10.2 Å². The Hall–Kier alpha value is -3.22. The molecule has 2 N–H and O–H groups in total. The number of hydrogen-bond acceptors (Lipinski definition) is 5. The van der Waals surface area contributed by atoms with Crippen molar-refractivity contribution in [3.05, 3.63) is 53.9 Å². The Morgan fingerprint density at radius 3 is 2.57 bits per heavy atom. The summed E-state index contributed by atoms with van der Waals surface area (Å²) < 4.78 is 6.78. The lowest BCUT2D eigenvalue weighted by atomic mass is 10.2. The van der Waals surface area contributed by atoms with Crippen molar-refractivity contribution in [2.45, 2.75) is 0 Å². The highest BCUT2D eigenvalue weighted by Crippen LogP contribution is 2.24. The summed E-state index contributed by atoms with van der Waals surface area (Å²) in [6, 6.07) is 9.89. The third-order valence-electron chi connectivity index (χ3n) is 2.96. The monoisotopic (exact) mass is 282 g/mol. The van der Waals surface area contributed by atoms with Gasteiger partial charge in [-0.1, -0.05) is 5.21 Å². The van der Waals surface area contributed by atoms with Gasteiger partial charge in [0.2, 0.25) is 5.91 Å². The van der Waals surface area contributed by atoms with Gasteiger partial charge in [0.1, 0.15) is 5.69 Å². The van der Waals surface area contributed by atoms with Crippen LogP contribution < -0.4 is 5.73 Å². The molecule has 0 spiro atoms. The number of primary amides is 1. The molecule has 0 aliphatic carbocycles. The minimum Gasteiger partial charge on any atom is -0.463 e. The van der Waals surface area contributed by atoms with Crippen LogP contribution >= 0.6 is 0 Å². The molecule has 0 radical (unpaired) electrons. The summed E-state index contributed by atoms with van der Waals surface area (Å²) in [5.74, 6) is -0.0407. The molecule has 3 rings (SSSR count). The van der Waals surface area contributed by atoms with Gasteiger partial charge in [-0.3, -0.25) is 9.59 Å². The van der Waals surface area contributed by atoms with Gasteiger partial charge in [0.25, 0.3) is 0 Å². The fourth-order valence-electron chi connectivity index (χ4n) is 1.96. The standard InChI is InChI=1S/C14H10N4O3/c15-14(20)9-3-5-10(6-4-9)18-13(11(8-19)16-17-18)12-2-1-7-21-12/h1-8H,(H2,15,20). The molecule has 0 fully saturated rings. The summed E-state index contributed by atoms with van der Waals surface area (Å²) in [6.07, 6.45) is 2.11. The van der Waals surface area contributed by atoms with Gasteiger partial charge in [-0.2, -0.15) is 0 Å². The van der Waals surface area contributed by atoms with Crippen LogP contribution in [0.25, 0.3) is 17.1 Å². The summed E-state index contributed by atoms with van der Waals surface area (Å²) in [5.41, 5.74) is 6.83. The van der Waals surface area contributed by atoms with Crippen LogP contribution in [0, 0.1) is 0 Å². The molecule has 7 nitrogen and oxygen atoms in total. The van der Waals surface area contributed by atoms with Gasteiger partial charge in [-0.15, -0.1) is 5.10 Å². The van der Waals surface area contributed by atoms with Crippen LogP contribution in [0.1, 0.15) is 20.8 Å². The lowest BCUT2D eigenvalue weighted by Gasteiger charge is -2.05. The molecule has 2 aromatic heterocycles. The summed E-state index contributed by atoms with van der Waals surface area (Å²) in [7, 11) is 0. The molecule has 0 unspecified atom stereocenters. The Labute approximate surface area is 119 Å². The minimum atomic E-state index is -0.514. The van der Waals surface area contributed by atoms with Gasteiger partial charge in [0, 0.05) is 5.56 Å². The first kappa shape index (κ1) is 12.8. The third kappa shape index (κ3) is 2.20. The summed E-state index contributed by atoms with van der Waals surface area (Å²) in [6.45, 7) is 0. The molecule has 0 aliphatic heterocycles. The van der Waals surface area contributed by atoms with E-state index in [-0.39, 0.29) is 5.69 Å². The topological polar surface area (TPSA) is 104 Å². The number of benzene rings is 1. The molecule has 3 aromatic rings. The maximum Gasteiger partial charge on any atom is 0.248 e. The quantitative estimate of drug-likeness (QED) is 0.729. The number of rotatable bonds is 4. The van der Waals surface area contributed by atoms with E-state index in [0.29, 0.717) is 29.0 Å².